The van der Waals surface area contributed by atoms with E-state index in [0.29, 0.717) is 18.0 Å². The highest BCUT2D eigenvalue weighted by atomic mass is 16.5. The van der Waals surface area contributed by atoms with Crippen LogP contribution in [-0.4, -0.2) is 25.0 Å². The molecule has 3 N–H and O–H groups in total. The maximum Gasteiger partial charge on any atom is 0.243 e. The zero-order chi connectivity index (χ0) is 23.5. The lowest BCUT2D eigenvalue weighted by atomic mass is 10.1. The number of aryl methyl sites for hydroxylation is 1. The quantitative estimate of drug-likeness (QED) is 0.348. The highest BCUT2D eigenvalue weighted by Crippen LogP contribution is 2.18. The molecule has 0 radical (unpaired) electrons. The van der Waals surface area contributed by atoms with Gasteiger partial charge in [0, 0.05) is 23.0 Å². The molecule has 0 saturated carbocycles. The van der Waals surface area contributed by atoms with Gasteiger partial charge in [-0.2, -0.15) is 0 Å². The number of anilines is 3. The molecule has 6 heteroatoms. The van der Waals surface area contributed by atoms with Gasteiger partial charge in [0.25, 0.3) is 0 Å². The van der Waals surface area contributed by atoms with Crippen molar-refractivity contribution in [3.8, 4) is 5.75 Å². The first kappa shape index (κ1) is 23.9. The van der Waals surface area contributed by atoms with E-state index >= 15 is 0 Å². The molecule has 0 aliphatic carbocycles. The summed E-state index contributed by atoms with van der Waals surface area (Å²) in [6.45, 7) is 4.44. The van der Waals surface area contributed by atoms with Crippen LogP contribution in [0.4, 0.5) is 17.1 Å². The number of hydrogen-bond acceptors (Lipinski definition) is 4. The van der Waals surface area contributed by atoms with Crippen molar-refractivity contribution in [2.45, 2.75) is 26.7 Å². The molecule has 0 aromatic heterocycles. The van der Waals surface area contributed by atoms with E-state index in [0.717, 1.165) is 24.3 Å². The summed E-state index contributed by atoms with van der Waals surface area (Å²) >= 11 is 0. The van der Waals surface area contributed by atoms with E-state index in [4.69, 9.17) is 4.74 Å². The Morgan fingerprint density at radius 2 is 1.52 bits per heavy atom. The SMILES string of the molecule is CC(C)C(=O)Nc1cccc(NC(=O)CNc2ccc(OCCCc3ccccc3)cc2)c1. The molecule has 0 unspecified atom stereocenters. The van der Waals surface area contributed by atoms with E-state index in [1.165, 1.54) is 5.56 Å². The van der Waals surface area contributed by atoms with Crippen molar-refractivity contribution >= 4 is 28.9 Å². The number of ether oxygens (including phenoxy) is 1. The zero-order valence-corrected chi connectivity index (χ0v) is 19.1. The molecule has 0 bridgehead atoms. The second kappa shape index (κ2) is 12.3. The van der Waals surface area contributed by atoms with E-state index in [9.17, 15) is 9.59 Å². The number of carbonyl (C=O) groups is 2. The van der Waals surface area contributed by atoms with Crippen LogP contribution < -0.4 is 20.7 Å². The summed E-state index contributed by atoms with van der Waals surface area (Å²) in [5.41, 5.74) is 3.42. The van der Waals surface area contributed by atoms with E-state index in [1.54, 1.807) is 24.3 Å². The second-order valence-electron chi connectivity index (χ2n) is 8.09. The van der Waals surface area contributed by atoms with Crippen molar-refractivity contribution in [3.63, 3.8) is 0 Å². The van der Waals surface area contributed by atoms with Crippen LogP contribution in [0.15, 0.2) is 78.9 Å². The molecule has 2 amide bonds. The summed E-state index contributed by atoms with van der Waals surface area (Å²) in [4.78, 5) is 24.1. The number of hydrogen-bond donors (Lipinski definition) is 3. The summed E-state index contributed by atoms with van der Waals surface area (Å²) in [5, 5.41) is 8.77. The van der Waals surface area contributed by atoms with Gasteiger partial charge in [-0.15, -0.1) is 0 Å². The number of nitrogens with one attached hydrogen (secondary N) is 3. The zero-order valence-electron chi connectivity index (χ0n) is 19.1. The van der Waals surface area contributed by atoms with Gasteiger partial charge in [-0.05, 0) is 60.9 Å². The highest BCUT2D eigenvalue weighted by Gasteiger charge is 2.08. The van der Waals surface area contributed by atoms with Gasteiger partial charge < -0.3 is 20.7 Å². The number of benzene rings is 3. The highest BCUT2D eigenvalue weighted by molar-refractivity contribution is 5.96. The molecular weight excluding hydrogens is 414 g/mol. The van der Waals surface area contributed by atoms with Crippen LogP contribution in [0.5, 0.6) is 5.75 Å². The predicted octanol–water partition coefficient (Wildman–Crippen LogP) is 5.34. The van der Waals surface area contributed by atoms with Crippen LogP contribution in [0.2, 0.25) is 0 Å². The molecule has 0 fully saturated rings. The Balaban J connectivity index is 1.39. The molecule has 33 heavy (non-hydrogen) atoms. The van der Waals surface area contributed by atoms with E-state index < -0.39 is 0 Å². The van der Waals surface area contributed by atoms with Crippen molar-refractivity contribution < 1.29 is 14.3 Å². The van der Waals surface area contributed by atoms with Gasteiger partial charge in [0.05, 0.1) is 13.2 Å². The molecule has 3 aromatic rings. The first-order valence-corrected chi connectivity index (χ1v) is 11.2. The summed E-state index contributed by atoms with van der Waals surface area (Å²) in [5.74, 6) is 0.448. The lowest BCUT2D eigenvalue weighted by Crippen LogP contribution is -2.22. The Bertz CT molecular complexity index is 1030. The fourth-order valence-electron chi connectivity index (χ4n) is 3.13. The van der Waals surface area contributed by atoms with Crippen LogP contribution in [-0.2, 0) is 16.0 Å². The lowest BCUT2D eigenvalue weighted by molar-refractivity contribution is -0.119. The maximum atomic E-state index is 12.3. The third-order valence-electron chi connectivity index (χ3n) is 4.97. The fourth-order valence-corrected chi connectivity index (χ4v) is 3.13. The minimum Gasteiger partial charge on any atom is -0.494 e. The van der Waals surface area contributed by atoms with E-state index in [-0.39, 0.29) is 24.3 Å². The predicted molar refractivity (Wildman–Crippen MR) is 134 cm³/mol. The van der Waals surface area contributed by atoms with Gasteiger partial charge in [-0.3, -0.25) is 9.59 Å². The molecule has 6 nitrogen and oxygen atoms in total. The summed E-state index contributed by atoms with van der Waals surface area (Å²) in [6.07, 6.45) is 1.94. The van der Waals surface area contributed by atoms with Gasteiger partial charge in [-0.1, -0.05) is 50.2 Å². The Hall–Kier alpha value is -3.80. The van der Waals surface area contributed by atoms with Crippen molar-refractivity contribution in [2.24, 2.45) is 5.92 Å². The van der Waals surface area contributed by atoms with Crippen molar-refractivity contribution in [1.82, 2.24) is 0 Å². The molecule has 0 saturated heterocycles. The van der Waals surface area contributed by atoms with Crippen molar-refractivity contribution in [1.29, 1.82) is 0 Å². The van der Waals surface area contributed by atoms with E-state index in [2.05, 4.69) is 28.1 Å². The average molecular weight is 446 g/mol. The summed E-state index contributed by atoms with van der Waals surface area (Å²) < 4.78 is 5.80. The Morgan fingerprint density at radius 1 is 0.818 bits per heavy atom. The second-order valence-corrected chi connectivity index (χ2v) is 8.09. The molecule has 0 aliphatic rings. The molecular formula is C27H31N3O3. The molecule has 172 valence electrons. The maximum absolute atomic E-state index is 12.3. The summed E-state index contributed by atoms with van der Waals surface area (Å²) in [6, 6.07) is 25.0. The molecule has 0 aliphatic heterocycles. The number of rotatable bonds is 11. The minimum absolute atomic E-state index is 0.0660. The fraction of sp³-hybridized carbons (Fsp3) is 0.259. The van der Waals surface area contributed by atoms with Crippen LogP contribution in [0.3, 0.4) is 0 Å². The molecule has 3 rings (SSSR count). The lowest BCUT2D eigenvalue weighted by Gasteiger charge is -2.11. The Kier molecular flexibility index (Phi) is 8.88. The smallest absolute Gasteiger partial charge is 0.243 e. The first-order valence-electron chi connectivity index (χ1n) is 11.2. The normalized spacial score (nSPS) is 10.5. The monoisotopic (exact) mass is 445 g/mol. The first-order chi connectivity index (χ1) is 16.0. The molecule has 0 heterocycles. The van der Waals surface area contributed by atoms with Gasteiger partial charge >= 0.3 is 0 Å². The molecule has 3 aromatic carbocycles. The van der Waals surface area contributed by atoms with Crippen LogP contribution >= 0.6 is 0 Å². The number of carbonyl (C=O) groups excluding carboxylic acids is 2. The van der Waals surface area contributed by atoms with Gasteiger partial charge in [-0.25, -0.2) is 0 Å². The molecule has 0 spiro atoms. The Morgan fingerprint density at radius 3 is 2.21 bits per heavy atom. The topological polar surface area (TPSA) is 79.5 Å². The largest absolute Gasteiger partial charge is 0.494 e. The standard InChI is InChI=1S/C27H31N3O3/c1-20(2)27(32)30-24-12-6-11-23(18-24)29-26(31)19-28-22-13-15-25(16-14-22)33-17-7-10-21-8-4-3-5-9-21/h3-6,8-9,11-16,18,20,28H,7,10,17,19H2,1-2H3,(H,29,31)(H,30,32). The average Bonchev–Trinajstić information content (AvgIpc) is 2.82. The van der Waals surface area contributed by atoms with Crippen LogP contribution in [0.1, 0.15) is 25.8 Å². The van der Waals surface area contributed by atoms with Gasteiger partial charge in [0.2, 0.25) is 11.8 Å². The molecule has 0 atom stereocenters. The van der Waals surface area contributed by atoms with Crippen molar-refractivity contribution in [3.05, 3.63) is 84.4 Å². The third kappa shape index (κ3) is 8.33. The van der Waals surface area contributed by atoms with Crippen LogP contribution in [0.25, 0.3) is 0 Å². The van der Waals surface area contributed by atoms with Crippen molar-refractivity contribution in [2.75, 3.05) is 29.1 Å². The minimum atomic E-state index is -0.177. The van der Waals surface area contributed by atoms with Gasteiger partial charge in [0.15, 0.2) is 0 Å². The van der Waals surface area contributed by atoms with Gasteiger partial charge in [0.1, 0.15) is 5.75 Å². The van der Waals surface area contributed by atoms with Crippen LogP contribution in [0, 0.1) is 5.92 Å². The summed E-state index contributed by atoms with van der Waals surface area (Å²) in [7, 11) is 0. The third-order valence-corrected chi connectivity index (χ3v) is 4.97. The number of amides is 2. The van der Waals surface area contributed by atoms with E-state index in [1.807, 2.05) is 56.3 Å². The Labute approximate surface area is 195 Å².